The number of hydrogen-bond acceptors (Lipinski definition) is 6. The highest BCUT2D eigenvalue weighted by molar-refractivity contribution is 8.00. The Morgan fingerprint density at radius 2 is 1.74 bits per heavy atom. The van der Waals surface area contributed by atoms with Gasteiger partial charge in [0, 0.05) is 32.9 Å². The van der Waals surface area contributed by atoms with Crippen LogP contribution >= 0.6 is 23.7 Å². The molecule has 0 aliphatic carbocycles. The van der Waals surface area contributed by atoms with E-state index in [1.54, 1.807) is 6.20 Å². The van der Waals surface area contributed by atoms with Gasteiger partial charge in [-0.1, -0.05) is 54.2 Å². The van der Waals surface area contributed by atoms with E-state index in [-0.39, 0.29) is 5.75 Å². The third-order valence-corrected chi connectivity index (χ3v) is 7.33. The monoisotopic (exact) mass is 444 g/mol. The Labute approximate surface area is 188 Å². The number of benzene rings is 3. The first-order chi connectivity index (χ1) is 15.1. The predicted molar refractivity (Wildman–Crippen MR) is 129 cm³/mol. The van der Waals surface area contributed by atoms with Gasteiger partial charge in [0.05, 0.1) is 26.7 Å². The molecular weight excluding hydrogens is 424 g/mol. The minimum Gasteiger partial charge on any atom is -0.506 e. The number of nitrogens with one attached hydrogen (secondary N) is 2. The molecular formula is C24H20N4OS2. The molecule has 154 valence electrons. The summed E-state index contributed by atoms with van der Waals surface area (Å²) in [6.07, 6.45) is 1.80. The number of H-pyrrole nitrogens is 1. The number of nitrogens with zero attached hydrogens (tertiary/aromatic N) is 2. The first-order valence-electron chi connectivity index (χ1n) is 9.82. The number of phenolic OH excluding ortho intramolecular Hbond substituents is 1. The van der Waals surface area contributed by atoms with E-state index in [0.717, 1.165) is 53.4 Å². The summed E-state index contributed by atoms with van der Waals surface area (Å²) < 4.78 is 3.48. The van der Waals surface area contributed by atoms with Crippen LogP contribution in [-0.4, -0.2) is 20.3 Å². The van der Waals surface area contributed by atoms with Crippen LogP contribution in [-0.2, 0) is 0 Å². The summed E-state index contributed by atoms with van der Waals surface area (Å²) in [5, 5.41) is 21.2. The zero-order valence-electron chi connectivity index (χ0n) is 17.0. The Morgan fingerprint density at radius 1 is 0.935 bits per heavy atom. The van der Waals surface area contributed by atoms with Gasteiger partial charge in [0.1, 0.15) is 5.75 Å². The van der Waals surface area contributed by atoms with Gasteiger partial charge in [-0.15, -0.1) is 0 Å². The molecule has 2 heterocycles. The number of pyridine rings is 1. The maximum Gasteiger partial charge on any atom is 0.137 e. The Hall–Kier alpha value is -3.16. The molecule has 7 heteroatoms. The number of anilines is 1. The van der Waals surface area contributed by atoms with Crippen LogP contribution in [0.25, 0.3) is 21.7 Å². The van der Waals surface area contributed by atoms with Crippen molar-refractivity contribution in [2.24, 2.45) is 0 Å². The molecule has 0 bridgehead atoms. The number of aryl methyl sites for hydroxylation is 2. The van der Waals surface area contributed by atoms with E-state index in [1.165, 1.54) is 23.7 Å². The van der Waals surface area contributed by atoms with Crippen molar-refractivity contribution >= 4 is 51.1 Å². The van der Waals surface area contributed by atoms with E-state index in [1.807, 2.05) is 74.5 Å². The summed E-state index contributed by atoms with van der Waals surface area (Å²) in [6, 6.07) is 20.0. The Balaban J connectivity index is 1.58. The Bertz CT molecular complexity index is 1390. The molecule has 5 aromatic rings. The van der Waals surface area contributed by atoms with Crippen molar-refractivity contribution < 1.29 is 5.11 Å². The number of hydrogen-bond donors (Lipinski definition) is 3. The van der Waals surface area contributed by atoms with Gasteiger partial charge in [0.2, 0.25) is 0 Å². The van der Waals surface area contributed by atoms with Crippen molar-refractivity contribution in [3.8, 4) is 5.75 Å². The van der Waals surface area contributed by atoms with Gasteiger partial charge in [0.25, 0.3) is 0 Å². The minimum absolute atomic E-state index is 0.278. The fourth-order valence-electron chi connectivity index (χ4n) is 3.57. The van der Waals surface area contributed by atoms with E-state index in [0.29, 0.717) is 0 Å². The number of phenols is 1. The second kappa shape index (κ2) is 8.17. The summed E-state index contributed by atoms with van der Waals surface area (Å²) in [7, 11) is 0. The van der Waals surface area contributed by atoms with E-state index in [2.05, 4.69) is 19.9 Å². The van der Waals surface area contributed by atoms with E-state index >= 15 is 0 Å². The standard InChI is InChI=1S/C24H20N4OS2/c1-14-24(15(2)27-26-14)31-28-19-13-21(23(29)18-10-4-3-9-17(18)19)30-20-11-5-7-16-8-6-12-25-22(16)20/h3-13,28-29H,1-2H3,(H,26,27). The number of aromatic amines is 1. The van der Waals surface area contributed by atoms with Crippen LogP contribution in [0.1, 0.15) is 11.4 Å². The van der Waals surface area contributed by atoms with Crippen molar-refractivity contribution in [3.05, 3.63) is 78.2 Å². The summed E-state index contributed by atoms with van der Waals surface area (Å²) in [6.45, 7) is 3.99. The maximum atomic E-state index is 11.1. The number of aromatic nitrogens is 3. The number of para-hydroxylation sites is 1. The van der Waals surface area contributed by atoms with E-state index in [9.17, 15) is 5.11 Å². The average molecular weight is 445 g/mol. The topological polar surface area (TPSA) is 73.8 Å². The lowest BCUT2D eigenvalue weighted by Crippen LogP contribution is -1.92. The summed E-state index contributed by atoms with van der Waals surface area (Å²) >= 11 is 3.05. The van der Waals surface area contributed by atoms with Crippen molar-refractivity contribution in [1.29, 1.82) is 0 Å². The lowest BCUT2D eigenvalue weighted by Gasteiger charge is -2.14. The lowest BCUT2D eigenvalue weighted by atomic mass is 10.1. The summed E-state index contributed by atoms with van der Waals surface area (Å²) in [5.41, 5.74) is 3.84. The van der Waals surface area contributed by atoms with Gasteiger partial charge in [-0.25, -0.2) is 0 Å². The van der Waals surface area contributed by atoms with Crippen LogP contribution in [0.3, 0.4) is 0 Å². The molecule has 5 nitrogen and oxygen atoms in total. The quantitative estimate of drug-likeness (QED) is 0.207. The molecule has 0 atom stereocenters. The third kappa shape index (κ3) is 3.71. The molecule has 3 aromatic carbocycles. The highest BCUT2D eigenvalue weighted by Gasteiger charge is 2.15. The largest absolute Gasteiger partial charge is 0.506 e. The van der Waals surface area contributed by atoms with Crippen molar-refractivity contribution in [1.82, 2.24) is 15.2 Å². The second-order valence-corrected chi connectivity index (χ2v) is 9.12. The molecule has 0 fully saturated rings. The molecule has 5 rings (SSSR count). The predicted octanol–water partition coefficient (Wildman–Crippen LogP) is 6.70. The molecule has 3 N–H and O–H groups in total. The van der Waals surface area contributed by atoms with E-state index < -0.39 is 0 Å². The highest BCUT2D eigenvalue weighted by Crippen LogP contribution is 2.44. The van der Waals surface area contributed by atoms with Gasteiger partial charge in [-0.2, -0.15) is 5.10 Å². The van der Waals surface area contributed by atoms with Crippen molar-refractivity contribution in [2.75, 3.05) is 4.72 Å². The normalized spacial score (nSPS) is 11.3. The zero-order chi connectivity index (χ0) is 21.4. The molecule has 0 spiro atoms. The van der Waals surface area contributed by atoms with E-state index in [4.69, 9.17) is 0 Å². The number of fused-ring (bicyclic) bond motifs is 2. The smallest absolute Gasteiger partial charge is 0.137 e. The molecule has 0 saturated carbocycles. The number of rotatable bonds is 5. The van der Waals surface area contributed by atoms with Crippen molar-refractivity contribution in [2.45, 2.75) is 28.5 Å². The van der Waals surface area contributed by atoms with Gasteiger partial charge >= 0.3 is 0 Å². The van der Waals surface area contributed by atoms with Crippen LogP contribution in [0.4, 0.5) is 5.69 Å². The summed E-state index contributed by atoms with van der Waals surface area (Å²) in [5.74, 6) is 0.278. The summed E-state index contributed by atoms with van der Waals surface area (Å²) in [4.78, 5) is 7.40. The Kier molecular flexibility index (Phi) is 5.21. The first-order valence-corrected chi connectivity index (χ1v) is 11.5. The minimum atomic E-state index is 0.278. The molecule has 0 amide bonds. The second-order valence-electron chi connectivity index (χ2n) is 7.22. The van der Waals surface area contributed by atoms with Crippen LogP contribution in [0.5, 0.6) is 5.75 Å². The number of aromatic hydroxyl groups is 1. The lowest BCUT2D eigenvalue weighted by molar-refractivity contribution is 0.469. The van der Waals surface area contributed by atoms with Crippen LogP contribution in [0.15, 0.2) is 81.5 Å². The fourth-order valence-corrected chi connectivity index (χ4v) is 5.38. The van der Waals surface area contributed by atoms with Crippen LogP contribution in [0, 0.1) is 13.8 Å². The SMILES string of the molecule is Cc1n[nH]c(C)c1SNc1cc(Sc2cccc3cccnc23)c(O)c2ccccc12. The van der Waals surface area contributed by atoms with Crippen LogP contribution < -0.4 is 4.72 Å². The van der Waals surface area contributed by atoms with Gasteiger partial charge in [-0.3, -0.25) is 10.1 Å². The van der Waals surface area contributed by atoms with Gasteiger partial charge in [0.15, 0.2) is 0 Å². The molecule has 0 radical (unpaired) electrons. The molecule has 0 saturated heterocycles. The molecule has 0 unspecified atom stereocenters. The highest BCUT2D eigenvalue weighted by atomic mass is 32.2. The molecule has 0 aliphatic rings. The third-order valence-electron chi connectivity index (χ3n) is 5.12. The van der Waals surface area contributed by atoms with Gasteiger partial charge < -0.3 is 9.83 Å². The molecule has 2 aromatic heterocycles. The van der Waals surface area contributed by atoms with Gasteiger partial charge in [-0.05, 0) is 44.0 Å². The molecule has 31 heavy (non-hydrogen) atoms. The zero-order valence-corrected chi connectivity index (χ0v) is 18.6. The fraction of sp³-hybridized carbons (Fsp3) is 0.0833. The van der Waals surface area contributed by atoms with Crippen LogP contribution in [0.2, 0.25) is 0 Å². The average Bonchev–Trinajstić information content (AvgIpc) is 3.12. The van der Waals surface area contributed by atoms with Crippen molar-refractivity contribution in [3.63, 3.8) is 0 Å². The Morgan fingerprint density at radius 3 is 2.55 bits per heavy atom. The molecule has 0 aliphatic heterocycles. The maximum absolute atomic E-state index is 11.1. The first kappa shape index (κ1) is 19.8.